The van der Waals surface area contributed by atoms with Crippen LogP contribution in [0.3, 0.4) is 0 Å². The van der Waals surface area contributed by atoms with Crippen LogP contribution in [0.2, 0.25) is 0 Å². The molecule has 1 aromatic heterocycles. The van der Waals surface area contributed by atoms with Gasteiger partial charge in [0, 0.05) is 0 Å². The molecular weight excluding hydrogens is 270 g/mol. The Morgan fingerprint density at radius 1 is 1.10 bits per heavy atom. The van der Waals surface area contributed by atoms with Crippen LogP contribution in [0, 0.1) is 13.8 Å². The summed E-state index contributed by atoms with van der Waals surface area (Å²) in [7, 11) is 0. The second kappa shape index (κ2) is 5.02. The van der Waals surface area contributed by atoms with E-state index in [0.717, 1.165) is 22.2 Å². The molecule has 0 saturated carbocycles. The molecule has 0 aliphatic rings. The lowest BCUT2D eigenvalue weighted by molar-refractivity contribution is 0.528. The smallest absolute Gasteiger partial charge is 0.292 e. The molecule has 4 nitrogen and oxygen atoms in total. The van der Waals surface area contributed by atoms with Crippen molar-refractivity contribution in [2.24, 2.45) is 0 Å². The normalized spacial score (nSPS) is 10.7. The first kappa shape index (κ1) is 12.7. The topological polar surface area (TPSA) is 39.9 Å². The van der Waals surface area contributed by atoms with E-state index >= 15 is 0 Å². The molecule has 1 heterocycles. The van der Waals surface area contributed by atoms with Crippen LogP contribution in [0.25, 0.3) is 11.0 Å². The third kappa shape index (κ3) is 2.40. The molecule has 0 saturated heterocycles. The van der Waals surface area contributed by atoms with E-state index in [2.05, 4.69) is 16.4 Å². The molecule has 5 heteroatoms. The predicted molar refractivity (Wildman–Crippen MR) is 82.1 cm³/mol. The highest BCUT2D eigenvalue weighted by molar-refractivity contribution is 7.80. The van der Waals surface area contributed by atoms with Gasteiger partial charge < -0.3 is 4.74 Å². The number of rotatable bonds is 1. The van der Waals surface area contributed by atoms with E-state index in [4.69, 9.17) is 17.0 Å². The number of para-hydroxylation sites is 1. The Balaban J connectivity index is 1.93. The third-order valence-corrected chi connectivity index (χ3v) is 3.18. The van der Waals surface area contributed by atoms with Gasteiger partial charge in [0.15, 0.2) is 0 Å². The highest BCUT2D eigenvalue weighted by atomic mass is 32.1. The Labute approximate surface area is 122 Å². The summed E-state index contributed by atoms with van der Waals surface area (Å²) in [5.41, 5.74) is 3.89. The lowest BCUT2D eigenvalue weighted by atomic mass is 10.1. The standard InChI is InChI=1S/C15H13N3OS/c1-10-7-11(2)9-12(8-10)19-15(20)18-14-6-4-3-5-13(14)16-17-18/h3-9H,1-2H3. The summed E-state index contributed by atoms with van der Waals surface area (Å²) in [5.74, 6) is 0.715. The maximum Gasteiger partial charge on any atom is 0.292 e. The van der Waals surface area contributed by atoms with E-state index in [9.17, 15) is 0 Å². The van der Waals surface area contributed by atoms with Crippen LogP contribution < -0.4 is 4.74 Å². The number of aromatic nitrogens is 3. The molecule has 3 aromatic rings. The molecule has 0 N–H and O–H groups in total. The second-order valence-corrected chi connectivity index (χ2v) is 5.03. The van der Waals surface area contributed by atoms with Crippen molar-refractivity contribution in [3.63, 3.8) is 0 Å². The first-order chi connectivity index (χ1) is 9.63. The fourth-order valence-corrected chi connectivity index (χ4v) is 2.37. The molecule has 0 aliphatic heterocycles. The Morgan fingerprint density at radius 3 is 2.55 bits per heavy atom. The lowest BCUT2D eigenvalue weighted by Crippen LogP contribution is -2.18. The van der Waals surface area contributed by atoms with E-state index in [1.807, 2.05) is 50.2 Å². The minimum atomic E-state index is 0.267. The molecule has 0 unspecified atom stereocenters. The van der Waals surface area contributed by atoms with Crippen molar-refractivity contribution in [3.8, 4) is 5.75 Å². The summed E-state index contributed by atoms with van der Waals surface area (Å²) >= 11 is 5.31. The fourth-order valence-electron chi connectivity index (χ4n) is 2.14. The van der Waals surface area contributed by atoms with Gasteiger partial charge >= 0.3 is 0 Å². The summed E-state index contributed by atoms with van der Waals surface area (Å²) in [6, 6.07) is 13.6. The zero-order valence-electron chi connectivity index (χ0n) is 11.2. The zero-order valence-corrected chi connectivity index (χ0v) is 12.0. The van der Waals surface area contributed by atoms with Crippen LogP contribution in [0.1, 0.15) is 11.1 Å². The van der Waals surface area contributed by atoms with Gasteiger partial charge in [0.05, 0.1) is 5.52 Å². The van der Waals surface area contributed by atoms with E-state index < -0.39 is 0 Å². The van der Waals surface area contributed by atoms with E-state index in [-0.39, 0.29) is 5.17 Å². The van der Waals surface area contributed by atoms with E-state index in [0.29, 0.717) is 5.75 Å². The average Bonchev–Trinajstić information content (AvgIpc) is 2.81. The molecule has 0 bridgehead atoms. The molecule has 0 atom stereocenters. The minimum Gasteiger partial charge on any atom is -0.430 e. The van der Waals surface area contributed by atoms with Gasteiger partial charge in [-0.3, -0.25) is 0 Å². The number of ether oxygens (including phenoxy) is 1. The number of fused-ring (bicyclic) bond motifs is 1. The van der Waals surface area contributed by atoms with Crippen LogP contribution in [0.5, 0.6) is 5.75 Å². The van der Waals surface area contributed by atoms with Crippen molar-refractivity contribution < 1.29 is 4.74 Å². The largest absolute Gasteiger partial charge is 0.430 e. The van der Waals surface area contributed by atoms with Crippen LogP contribution in [0.4, 0.5) is 0 Å². The van der Waals surface area contributed by atoms with Gasteiger partial charge in [-0.05, 0) is 61.5 Å². The van der Waals surface area contributed by atoms with Crippen LogP contribution in [-0.2, 0) is 0 Å². The number of hydrogen-bond acceptors (Lipinski definition) is 4. The maximum atomic E-state index is 5.72. The highest BCUT2D eigenvalue weighted by Gasteiger charge is 2.10. The van der Waals surface area contributed by atoms with Crippen molar-refractivity contribution in [2.75, 3.05) is 0 Å². The minimum absolute atomic E-state index is 0.267. The molecule has 20 heavy (non-hydrogen) atoms. The van der Waals surface area contributed by atoms with Crippen molar-refractivity contribution in [1.82, 2.24) is 15.0 Å². The van der Waals surface area contributed by atoms with Gasteiger partial charge in [-0.1, -0.05) is 23.4 Å². The maximum absolute atomic E-state index is 5.72. The quantitative estimate of drug-likeness (QED) is 0.643. The Bertz CT molecular complexity index is 774. The van der Waals surface area contributed by atoms with Crippen molar-refractivity contribution >= 4 is 28.4 Å². The molecule has 0 radical (unpaired) electrons. The molecule has 0 amide bonds. The molecule has 2 aromatic carbocycles. The van der Waals surface area contributed by atoms with Crippen molar-refractivity contribution in [3.05, 3.63) is 53.6 Å². The summed E-state index contributed by atoms with van der Waals surface area (Å²) in [5, 5.41) is 8.37. The Morgan fingerprint density at radius 2 is 1.80 bits per heavy atom. The van der Waals surface area contributed by atoms with Crippen LogP contribution >= 0.6 is 12.2 Å². The zero-order chi connectivity index (χ0) is 14.1. The number of nitrogens with zero attached hydrogens (tertiary/aromatic N) is 3. The van der Waals surface area contributed by atoms with Gasteiger partial charge in [0.1, 0.15) is 11.3 Å². The van der Waals surface area contributed by atoms with Crippen molar-refractivity contribution in [1.29, 1.82) is 0 Å². The SMILES string of the molecule is Cc1cc(C)cc(OC(=S)n2nnc3ccccc32)c1. The van der Waals surface area contributed by atoms with Gasteiger partial charge in [-0.2, -0.15) is 4.68 Å². The fraction of sp³-hybridized carbons (Fsp3) is 0.133. The Kier molecular flexibility index (Phi) is 3.20. The second-order valence-electron chi connectivity index (χ2n) is 4.68. The highest BCUT2D eigenvalue weighted by Crippen LogP contribution is 2.18. The van der Waals surface area contributed by atoms with Crippen molar-refractivity contribution in [2.45, 2.75) is 13.8 Å². The van der Waals surface area contributed by atoms with E-state index in [1.165, 1.54) is 4.68 Å². The van der Waals surface area contributed by atoms with Gasteiger partial charge in [0.25, 0.3) is 5.17 Å². The van der Waals surface area contributed by atoms with Crippen LogP contribution in [0.15, 0.2) is 42.5 Å². The first-order valence-corrected chi connectivity index (χ1v) is 6.65. The summed E-state index contributed by atoms with van der Waals surface area (Å²) in [6.45, 7) is 4.04. The number of thiocarbonyl (C=S) groups is 1. The van der Waals surface area contributed by atoms with E-state index in [1.54, 1.807) is 0 Å². The number of hydrogen-bond donors (Lipinski definition) is 0. The monoisotopic (exact) mass is 283 g/mol. The Hall–Kier alpha value is -2.27. The molecule has 100 valence electrons. The third-order valence-electron chi connectivity index (χ3n) is 2.93. The summed E-state index contributed by atoms with van der Waals surface area (Å²) < 4.78 is 7.25. The lowest BCUT2D eigenvalue weighted by Gasteiger charge is -2.08. The first-order valence-electron chi connectivity index (χ1n) is 6.24. The summed E-state index contributed by atoms with van der Waals surface area (Å²) in [6.07, 6.45) is 0. The predicted octanol–water partition coefficient (Wildman–Crippen LogP) is 3.26. The number of aryl methyl sites for hydroxylation is 2. The summed E-state index contributed by atoms with van der Waals surface area (Å²) in [4.78, 5) is 0. The van der Waals surface area contributed by atoms with Crippen LogP contribution in [-0.4, -0.2) is 20.2 Å². The average molecular weight is 283 g/mol. The van der Waals surface area contributed by atoms with Gasteiger partial charge in [-0.25, -0.2) is 0 Å². The molecule has 0 aliphatic carbocycles. The molecule has 0 spiro atoms. The molecular formula is C15H13N3OS. The molecule has 3 rings (SSSR count). The van der Waals surface area contributed by atoms with Gasteiger partial charge in [-0.15, -0.1) is 5.10 Å². The molecule has 0 fully saturated rings. The van der Waals surface area contributed by atoms with Gasteiger partial charge in [0.2, 0.25) is 0 Å². The number of benzene rings is 2.